The molecule has 28 heavy (non-hydrogen) atoms. The van der Waals surface area contributed by atoms with Crippen molar-refractivity contribution in [2.24, 2.45) is 0 Å². The minimum absolute atomic E-state index is 0.0402. The molecule has 0 saturated carbocycles. The number of aryl methyl sites for hydroxylation is 1. The minimum atomic E-state index is 0.0402. The molecule has 1 amide bonds. The highest BCUT2D eigenvalue weighted by molar-refractivity contribution is 7.19. The van der Waals surface area contributed by atoms with Gasteiger partial charge in [-0.25, -0.2) is 19.9 Å². The number of amides is 1. The van der Waals surface area contributed by atoms with Crippen molar-refractivity contribution >= 4 is 33.3 Å². The van der Waals surface area contributed by atoms with Gasteiger partial charge in [-0.3, -0.25) is 4.79 Å². The maximum Gasteiger partial charge on any atom is 0.219 e. The molecule has 0 aromatic carbocycles. The van der Waals surface area contributed by atoms with Crippen LogP contribution in [-0.2, 0) is 16.1 Å². The van der Waals surface area contributed by atoms with E-state index in [0.717, 1.165) is 45.1 Å². The summed E-state index contributed by atoms with van der Waals surface area (Å²) in [6.45, 7) is 7.14. The number of morpholine rings is 1. The van der Waals surface area contributed by atoms with Gasteiger partial charge in [0.25, 0.3) is 0 Å². The zero-order valence-electron chi connectivity index (χ0n) is 16.2. The van der Waals surface area contributed by atoms with E-state index in [1.165, 1.54) is 6.33 Å². The van der Waals surface area contributed by atoms with Gasteiger partial charge in [-0.05, 0) is 12.5 Å². The molecule has 4 rings (SSSR count). The number of carbonyl (C=O) groups is 1. The van der Waals surface area contributed by atoms with Crippen molar-refractivity contribution in [3.05, 3.63) is 29.2 Å². The molecule has 0 aliphatic carbocycles. The van der Waals surface area contributed by atoms with Crippen LogP contribution >= 0.6 is 11.3 Å². The average molecular weight is 398 g/mol. The number of hydrogen-bond donors (Lipinski definition) is 0. The van der Waals surface area contributed by atoms with Gasteiger partial charge in [0.1, 0.15) is 6.33 Å². The summed E-state index contributed by atoms with van der Waals surface area (Å²) in [5.74, 6) is 1.57. The summed E-state index contributed by atoms with van der Waals surface area (Å²) in [7, 11) is 1.81. The lowest BCUT2D eigenvalue weighted by atomic mass is 10.2. The maximum atomic E-state index is 11.7. The molecule has 0 atom stereocenters. The van der Waals surface area contributed by atoms with E-state index < -0.39 is 0 Å². The predicted octanol–water partition coefficient (Wildman–Crippen LogP) is 2.27. The molecular formula is C19H22N6O2S. The van der Waals surface area contributed by atoms with Crippen LogP contribution in [0.1, 0.15) is 17.4 Å². The molecule has 3 aromatic heterocycles. The summed E-state index contributed by atoms with van der Waals surface area (Å²) in [6, 6.07) is 0. The Bertz CT molecular complexity index is 1000. The minimum Gasteiger partial charge on any atom is -0.378 e. The highest BCUT2D eigenvalue weighted by Crippen LogP contribution is 2.37. The van der Waals surface area contributed by atoms with E-state index >= 15 is 0 Å². The lowest BCUT2D eigenvalue weighted by molar-refractivity contribution is -0.128. The van der Waals surface area contributed by atoms with Crippen LogP contribution in [0.15, 0.2) is 18.7 Å². The van der Waals surface area contributed by atoms with Gasteiger partial charge in [0.15, 0.2) is 11.6 Å². The van der Waals surface area contributed by atoms with E-state index in [9.17, 15) is 4.79 Å². The lowest BCUT2D eigenvalue weighted by Gasteiger charge is -2.28. The average Bonchev–Trinajstić information content (AvgIpc) is 3.04. The zero-order chi connectivity index (χ0) is 19.7. The van der Waals surface area contributed by atoms with Gasteiger partial charge < -0.3 is 14.5 Å². The third kappa shape index (κ3) is 3.55. The number of anilines is 1. The second-order valence-electron chi connectivity index (χ2n) is 6.80. The molecule has 1 fully saturated rings. The van der Waals surface area contributed by atoms with Gasteiger partial charge in [-0.2, -0.15) is 0 Å². The molecule has 0 radical (unpaired) electrons. The summed E-state index contributed by atoms with van der Waals surface area (Å²) in [5, 5.41) is 0. The van der Waals surface area contributed by atoms with Crippen molar-refractivity contribution in [2.75, 3.05) is 38.3 Å². The molecule has 3 aromatic rings. The Kier molecular flexibility index (Phi) is 5.19. The lowest BCUT2D eigenvalue weighted by Crippen LogP contribution is -2.36. The monoisotopic (exact) mass is 398 g/mol. The summed E-state index contributed by atoms with van der Waals surface area (Å²) in [5.41, 5.74) is 2.79. The maximum absolute atomic E-state index is 11.7. The van der Waals surface area contributed by atoms with Crippen LogP contribution in [0, 0.1) is 6.92 Å². The van der Waals surface area contributed by atoms with Crippen molar-refractivity contribution in [2.45, 2.75) is 20.4 Å². The molecule has 1 aliphatic rings. The second-order valence-corrected chi connectivity index (χ2v) is 7.91. The molecule has 1 aliphatic heterocycles. The van der Waals surface area contributed by atoms with Gasteiger partial charge in [-0.15, -0.1) is 11.3 Å². The Morgan fingerprint density at radius 2 is 1.96 bits per heavy atom. The molecule has 4 heterocycles. The van der Waals surface area contributed by atoms with Crippen molar-refractivity contribution in [3.63, 3.8) is 0 Å². The van der Waals surface area contributed by atoms with E-state index in [-0.39, 0.29) is 5.91 Å². The molecule has 8 nitrogen and oxygen atoms in total. The first-order chi connectivity index (χ1) is 13.5. The van der Waals surface area contributed by atoms with Gasteiger partial charge >= 0.3 is 0 Å². The number of fused-ring (bicyclic) bond motifs is 1. The van der Waals surface area contributed by atoms with Crippen LogP contribution in [-0.4, -0.2) is 64.1 Å². The van der Waals surface area contributed by atoms with Gasteiger partial charge in [0.2, 0.25) is 5.91 Å². The molecular weight excluding hydrogens is 376 g/mol. The van der Waals surface area contributed by atoms with E-state index in [4.69, 9.17) is 14.7 Å². The number of hydrogen-bond acceptors (Lipinski definition) is 8. The Hall–Kier alpha value is -2.65. The van der Waals surface area contributed by atoms with Crippen molar-refractivity contribution < 1.29 is 9.53 Å². The van der Waals surface area contributed by atoms with Crippen molar-refractivity contribution in [3.8, 4) is 11.4 Å². The summed E-state index contributed by atoms with van der Waals surface area (Å²) < 4.78 is 6.56. The van der Waals surface area contributed by atoms with Crippen molar-refractivity contribution in [1.82, 2.24) is 24.8 Å². The fourth-order valence-corrected chi connectivity index (χ4v) is 4.45. The van der Waals surface area contributed by atoms with Crippen LogP contribution in [0.4, 0.5) is 5.82 Å². The normalized spacial score (nSPS) is 14.5. The number of carbonyl (C=O) groups excluding carboxylic acids is 1. The topological polar surface area (TPSA) is 84.3 Å². The molecule has 0 unspecified atom stereocenters. The van der Waals surface area contributed by atoms with Crippen LogP contribution in [0.5, 0.6) is 0 Å². The first-order valence-electron chi connectivity index (χ1n) is 9.14. The highest BCUT2D eigenvalue weighted by Gasteiger charge is 2.23. The quantitative estimate of drug-likeness (QED) is 0.666. The van der Waals surface area contributed by atoms with E-state index in [2.05, 4.69) is 21.8 Å². The molecule has 0 bridgehead atoms. The van der Waals surface area contributed by atoms with Gasteiger partial charge in [0, 0.05) is 44.3 Å². The van der Waals surface area contributed by atoms with Gasteiger partial charge in [0.05, 0.1) is 35.5 Å². The third-order valence-electron chi connectivity index (χ3n) is 4.89. The third-order valence-corrected chi connectivity index (χ3v) is 6.16. The molecule has 1 saturated heterocycles. The van der Waals surface area contributed by atoms with Crippen molar-refractivity contribution in [1.29, 1.82) is 0 Å². The molecule has 0 spiro atoms. The number of thiophene rings is 1. The molecule has 146 valence electrons. The van der Waals surface area contributed by atoms with Crippen LogP contribution < -0.4 is 4.90 Å². The number of aromatic nitrogens is 4. The summed E-state index contributed by atoms with van der Waals surface area (Å²) >= 11 is 1.66. The van der Waals surface area contributed by atoms with Crippen LogP contribution in [0.25, 0.3) is 21.6 Å². The van der Waals surface area contributed by atoms with Gasteiger partial charge in [-0.1, -0.05) is 0 Å². The van der Waals surface area contributed by atoms with E-state index in [1.807, 2.05) is 7.05 Å². The number of ether oxygens (including phenoxy) is 1. The molecule has 0 N–H and O–H groups in total. The summed E-state index contributed by atoms with van der Waals surface area (Å²) in [6.07, 6.45) is 4.95. The second kappa shape index (κ2) is 7.76. The van der Waals surface area contributed by atoms with Crippen LogP contribution in [0.2, 0.25) is 0 Å². The molecule has 9 heteroatoms. The number of nitrogens with zero attached hydrogens (tertiary/aromatic N) is 6. The highest BCUT2D eigenvalue weighted by atomic mass is 32.1. The predicted molar refractivity (Wildman–Crippen MR) is 108 cm³/mol. The van der Waals surface area contributed by atoms with E-state index in [0.29, 0.717) is 25.6 Å². The fourth-order valence-electron chi connectivity index (χ4n) is 3.13. The zero-order valence-corrected chi connectivity index (χ0v) is 17.0. The van der Waals surface area contributed by atoms with Crippen LogP contribution in [0.3, 0.4) is 0 Å². The Morgan fingerprint density at radius 3 is 2.64 bits per heavy atom. The Balaban J connectivity index is 1.86. The Labute approximate surface area is 167 Å². The number of rotatable bonds is 4. The SMILES string of the molecule is CC(=O)N(C)Cc1sc2c(N3CCOCC3)nc(-c3cncnc3)nc2c1C. The summed E-state index contributed by atoms with van der Waals surface area (Å²) in [4.78, 5) is 34.7. The largest absolute Gasteiger partial charge is 0.378 e. The first kappa shape index (κ1) is 18.7. The Morgan fingerprint density at radius 1 is 1.25 bits per heavy atom. The van der Waals surface area contributed by atoms with E-state index in [1.54, 1.807) is 35.6 Å². The first-order valence-corrected chi connectivity index (χ1v) is 9.96. The fraction of sp³-hybridized carbons (Fsp3) is 0.421. The standard InChI is InChI=1S/C19H22N6O2S/c1-12-15(10-24(3)13(2)26)28-17-16(12)22-18(14-8-20-11-21-9-14)23-19(17)25-4-6-27-7-5-25/h8-9,11H,4-7,10H2,1-3H3. The smallest absolute Gasteiger partial charge is 0.219 e.